The van der Waals surface area contributed by atoms with Crippen molar-refractivity contribution in [3.63, 3.8) is 0 Å². The maximum Gasteiger partial charge on any atom is 0.416 e. The second kappa shape index (κ2) is 20.9. The Hall–Kier alpha value is -4.32. The lowest BCUT2D eigenvalue weighted by molar-refractivity contribution is -0.385. The van der Waals surface area contributed by atoms with Crippen LogP contribution in [0.15, 0.2) is 99.1 Å². The molecule has 3 aliphatic rings. The predicted octanol–water partition coefficient (Wildman–Crippen LogP) is 7.33. The van der Waals surface area contributed by atoms with E-state index in [9.17, 15) is 32.9 Å². The van der Waals surface area contributed by atoms with E-state index in [-0.39, 0.29) is 53.8 Å². The number of methoxy groups -OCH3 is 2. The van der Waals surface area contributed by atoms with E-state index in [1.807, 2.05) is 29.2 Å². The molecule has 6 rings (SSSR count). The van der Waals surface area contributed by atoms with E-state index < -0.39 is 34.5 Å². The average molecular weight is 857 g/mol. The maximum absolute atomic E-state index is 13.3. The van der Waals surface area contributed by atoms with Crippen LogP contribution >= 0.6 is 36.6 Å². The van der Waals surface area contributed by atoms with Crippen molar-refractivity contribution in [1.29, 1.82) is 0 Å². The van der Waals surface area contributed by atoms with Gasteiger partial charge >= 0.3 is 18.1 Å². The summed E-state index contributed by atoms with van der Waals surface area (Å²) >= 11 is 1.53. The summed E-state index contributed by atoms with van der Waals surface area (Å²) in [5.41, 5.74) is 2.20. The van der Waals surface area contributed by atoms with E-state index in [2.05, 4.69) is 15.1 Å². The van der Waals surface area contributed by atoms with E-state index >= 15 is 0 Å². The normalized spacial score (nSPS) is 15.8. The molecule has 18 heteroatoms. The number of dihydropyridines is 1. The Labute approximate surface area is 346 Å². The molecular weight excluding hydrogens is 810 g/mol. The molecule has 3 heterocycles. The third-order valence-electron chi connectivity index (χ3n) is 9.71. The molecule has 57 heavy (non-hydrogen) atoms. The minimum atomic E-state index is -4.35. The number of nitrogens with zero attached hydrogens (tertiary/aromatic N) is 4. The van der Waals surface area contributed by atoms with Gasteiger partial charge in [0.15, 0.2) is 0 Å². The van der Waals surface area contributed by atoms with Gasteiger partial charge in [-0.15, -0.1) is 24.8 Å². The van der Waals surface area contributed by atoms with E-state index in [1.54, 1.807) is 26.0 Å². The number of fused-ring (bicyclic) bond motifs is 2. The van der Waals surface area contributed by atoms with Gasteiger partial charge in [0.1, 0.15) is 0 Å². The van der Waals surface area contributed by atoms with Gasteiger partial charge in [-0.1, -0.05) is 42.1 Å². The molecule has 0 bridgehead atoms. The van der Waals surface area contributed by atoms with Gasteiger partial charge in [-0.2, -0.15) is 13.2 Å². The second-order valence-electron chi connectivity index (χ2n) is 13.1. The molecule has 0 aromatic heterocycles. The average Bonchev–Trinajstić information content (AvgIpc) is 3.17. The van der Waals surface area contributed by atoms with E-state index in [4.69, 9.17) is 14.6 Å². The zero-order valence-corrected chi connectivity index (χ0v) is 34.3. The summed E-state index contributed by atoms with van der Waals surface area (Å²) in [6.07, 6.45) is -3.48. The molecule has 3 aliphatic heterocycles. The zero-order chi connectivity index (χ0) is 39.9. The molecule has 0 spiro atoms. The molecule has 0 atom stereocenters. The van der Waals surface area contributed by atoms with Gasteiger partial charge in [-0.05, 0) is 57.1 Å². The van der Waals surface area contributed by atoms with Gasteiger partial charge in [0.05, 0.1) is 59.8 Å². The van der Waals surface area contributed by atoms with Gasteiger partial charge in [0.25, 0.3) is 5.69 Å². The van der Waals surface area contributed by atoms with Gasteiger partial charge in [-0.25, -0.2) is 9.59 Å². The summed E-state index contributed by atoms with van der Waals surface area (Å²) in [5, 5.41) is 23.5. The molecule has 3 aromatic rings. The van der Waals surface area contributed by atoms with Crippen molar-refractivity contribution in [2.45, 2.75) is 42.2 Å². The van der Waals surface area contributed by atoms with E-state index in [1.165, 1.54) is 56.3 Å². The number of para-hydroxylation sites is 2. The second-order valence-corrected chi connectivity index (χ2v) is 14.2. The maximum atomic E-state index is 13.3. The standard InChI is InChI=1S/C22H26F3N3OS.C17H18N2O6.2ClH/c23-22(24,25)17-6-7-21-19(16-17)28(18-4-1-2-5-20(18)30-21)9-3-8-26-10-12-27(13-11-26)14-15-29;1-9-13(16(20)24-3)15(14(10(2)18-9)17(21)25-4)11-7-5-6-8-12(11)19(22)23;;/h1-2,4-7,16,29H,3,8-15H2;5-8,15,18H,1-4H3;2*1H. The first kappa shape index (κ1) is 47.1. The van der Waals surface area contributed by atoms with Crippen LogP contribution in [0.2, 0.25) is 0 Å². The lowest BCUT2D eigenvalue weighted by Crippen LogP contribution is -2.47. The first-order valence-corrected chi connectivity index (χ1v) is 18.5. The number of ether oxygens (including phenoxy) is 2. The lowest BCUT2D eigenvalue weighted by Gasteiger charge is -2.36. The highest BCUT2D eigenvalue weighted by atomic mass is 35.5. The van der Waals surface area contributed by atoms with Crippen molar-refractivity contribution in [3.8, 4) is 0 Å². The number of nitro benzene ring substituents is 1. The molecule has 12 nitrogen and oxygen atoms in total. The molecular formula is C39H46Cl2F3N5O7S. The fraction of sp³-hybridized carbons (Fsp3) is 0.385. The number of piperazine rings is 1. The Kier molecular flexibility index (Phi) is 17.3. The summed E-state index contributed by atoms with van der Waals surface area (Å²) in [7, 11) is 2.42. The van der Waals surface area contributed by atoms with Crippen molar-refractivity contribution in [2.24, 2.45) is 0 Å². The molecule has 2 N–H and O–H groups in total. The SMILES string of the molecule is COC(=O)C1=C(C)NC(C)=C(C(=O)OC)C1c1ccccc1[N+](=O)[O-].Cl.Cl.OCCN1CCN(CCCN2c3ccccc3Sc3ccc(C(F)(F)F)cc32)CC1. The van der Waals surface area contributed by atoms with E-state index in [0.29, 0.717) is 30.2 Å². The van der Waals surface area contributed by atoms with Gasteiger partial charge in [0, 0.05) is 72.1 Å². The van der Waals surface area contributed by atoms with Crippen molar-refractivity contribution in [2.75, 3.05) is 71.5 Å². The predicted molar refractivity (Wildman–Crippen MR) is 216 cm³/mol. The smallest absolute Gasteiger partial charge is 0.416 e. The minimum Gasteiger partial charge on any atom is -0.466 e. The van der Waals surface area contributed by atoms with Crippen LogP contribution in [0.25, 0.3) is 0 Å². The number of carbonyl (C=O) groups excluding carboxylic acids is 2. The van der Waals surface area contributed by atoms with Crippen LogP contribution in [0, 0.1) is 10.1 Å². The number of alkyl halides is 3. The third kappa shape index (κ3) is 11.0. The van der Waals surface area contributed by atoms with Crippen molar-refractivity contribution < 1.29 is 42.3 Å². The van der Waals surface area contributed by atoms with Crippen LogP contribution in [-0.2, 0) is 25.2 Å². The number of hydrogen-bond donors (Lipinski definition) is 2. The van der Waals surface area contributed by atoms with Crippen LogP contribution in [-0.4, -0.2) is 98.4 Å². The Morgan fingerprint density at radius 2 is 1.39 bits per heavy atom. The largest absolute Gasteiger partial charge is 0.466 e. The Morgan fingerprint density at radius 1 is 0.842 bits per heavy atom. The summed E-state index contributed by atoms with van der Waals surface area (Å²) < 4.78 is 49.6. The fourth-order valence-electron chi connectivity index (χ4n) is 7.04. The van der Waals surface area contributed by atoms with Crippen molar-refractivity contribution in [3.05, 3.63) is 111 Å². The van der Waals surface area contributed by atoms with Crippen LogP contribution in [0.4, 0.5) is 30.2 Å². The number of anilines is 2. The highest BCUT2D eigenvalue weighted by Crippen LogP contribution is 2.49. The molecule has 3 aromatic carbocycles. The van der Waals surface area contributed by atoms with Crippen LogP contribution in [0.5, 0.6) is 0 Å². The summed E-state index contributed by atoms with van der Waals surface area (Å²) in [5.74, 6) is -2.33. The van der Waals surface area contributed by atoms with Crippen LogP contribution in [0.3, 0.4) is 0 Å². The Bertz CT molecular complexity index is 1940. The molecule has 0 saturated carbocycles. The monoisotopic (exact) mass is 855 g/mol. The molecule has 0 radical (unpaired) electrons. The first-order valence-electron chi connectivity index (χ1n) is 17.7. The Morgan fingerprint density at radius 3 is 1.95 bits per heavy atom. The molecule has 1 fully saturated rings. The summed E-state index contributed by atoms with van der Waals surface area (Å²) in [6.45, 7) is 9.58. The zero-order valence-electron chi connectivity index (χ0n) is 31.8. The quantitative estimate of drug-likeness (QED) is 0.120. The Balaban J connectivity index is 0.000000300. The number of rotatable bonds is 10. The van der Waals surface area contributed by atoms with E-state index in [0.717, 1.165) is 54.6 Å². The molecule has 310 valence electrons. The number of hydrogen-bond acceptors (Lipinski definition) is 12. The highest BCUT2D eigenvalue weighted by Gasteiger charge is 2.40. The number of nitrogens with one attached hydrogen (secondary N) is 1. The van der Waals surface area contributed by atoms with Gasteiger partial charge < -0.3 is 29.7 Å². The summed E-state index contributed by atoms with van der Waals surface area (Å²) in [6, 6.07) is 17.9. The number of nitro groups is 1. The number of benzene rings is 3. The number of carbonyl (C=O) groups is 2. The minimum absolute atomic E-state index is 0. The van der Waals surface area contributed by atoms with Gasteiger partial charge in [0.2, 0.25) is 0 Å². The van der Waals surface area contributed by atoms with Crippen molar-refractivity contribution >= 4 is 65.6 Å². The first-order chi connectivity index (χ1) is 26.3. The molecule has 0 amide bonds. The molecule has 1 saturated heterocycles. The topological polar surface area (TPSA) is 138 Å². The third-order valence-corrected chi connectivity index (χ3v) is 10.8. The summed E-state index contributed by atoms with van der Waals surface area (Å²) in [4.78, 5) is 44.2. The molecule has 0 unspecified atom stereocenters. The number of allylic oxidation sites excluding steroid dienone is 2. The van der Waals surface area contributed by atoms with Crippen LogP contribution < -0.4 is 10.2 Å². The number of aliphatic hydroxyl groups is 1. The number of halogens is 5. The van der Waals surface area contributed by atoms with Crippen molar-refractivity contribution in [1.82, 2.24) is 15.1 Å². The van der Waals surface area contributed by atoms with Gasteiger partial charge in [-0.3, -0.25) is 15.0 Å². The number of β-amino-alcohol motifs (C(OH)–C–C–N with tert-alkyl or cyclic N) is 1. The number of aliphatic hydroxyl groups excluding tert-OH is 1. The fourth-order valence-corrected chi connectivity index (χ4v) is 8.12. The molecule has 0 aliphatic carbocycles. The van der Waals surface area contributed by atoms with Crippen LogP contribution in [0.1, 0.15) is 37.3 Å². The highest BCUT2D eigenvalue weighted by molar-refractivity contribution is 7.99. The lowest BCUT2D eigenvalue weighted by atomic mass is 9.79. The number of esters is 2.